The average molecular weight is 325 g/mol. The van der Waals surface area contributed by atoms with Crippen LogP contribution >= 0.6 is 11.8 Å². The second-order valence-corrected chi connectivity index (χ2v) is 5.63. The van der Waals surface area contributed by atoms with Crippen LogP contribution in [0.25, 0.3) is 0 Å². The van der Waals surface area contributed by atoms with E-state index in [1.165, 1.54) is 30.0 Å². The van der Waals surface area contributed by atoms with Crippen LogP contribution in [0.15, 0.2) is 59.5 Å². The maximum Gasteiger partial charge on any atom is 0.417 e. The first kappa shape index (κ1) is 16.4. The molecule has 22 heavy (non-hydrogen) atoms. The summed E-state index contributed by atoms with van der Waals surface area (Å²) >= 11 is 1.53. The van der Waals surface area contributed by atoms with Crippen LogP contribution in [0.5, 0.6) is 0 Å². The molecule has 0 aliphatic heterocycles. The average Bonchev–Trinajstić information content (AvgIpc) is 2.51. The molecule has 0 aliphatic carbocycles. The molecule has 116 valence electrons. The number of halogens is 3. The number of hydrogen-bond donors (Lipinski definition) is 1. The lowest BCUT2D eigenvalue weighted by Gasteiger charge is -2.12. The van der Waals surface area contributed by atoms with E-state index in [4.69, 9.17) is 0 Å². The standard InChI is InChI=1S/C16H14F3NOS/c17-16(18,19)14-9-5-4-8-13(14)15(21)20-10-11-22-12-6-2-1-3-7-12/h1-9H,10-11H2,(H,20,21). The lowest BCUT2D eigenvalue weighted by Crippen LogP contribution is -2.28. The molecule has 0 saturated carbocycles. The second-order valence-electron chi connectivity index (χ2n) is 4.46. The summed E-state index contributed by atoms with van der Waals surface area (Å²) in [5.41, 5.74) is -1.26. The second kappa shape index (κ2) is 7.35. The van der Waals surface area contributed by atoms with E-state index in [0.29, 0.717) is 12.3 Å². The van der Waals surface area contributed by atoms with Crippen molar-refractivity contribution in [2.45, 2.75) is 11.1 Å². The lowest BCUT2D eigenvalue weighted by molar-refractivity contribution is -0.137. The smallest absolute Gasteiger partial charge is 0.351 e. The summed E-state index contributed by atoms with van der Waals surface area (Å²) in [7, 11) is 0. The molecule has 0 atom stereocenters. The van der Waals surface area contributed by atoms with Gasteiger partial charge in [-0.15, -0.1) is 11.8 Å². The molecule has 2 nitrogen and oxygen atoms in total. The van der Waals surface area contributed by atoms with Crippen LogP contribution in [-0.4, -0.2) is 18.2 Å². The van der Waals surface area contributed by atoms with Crippen LogP contribution in [0.3, 0.4) is 0 Å². The Bertz CT molecular complexity index is 629. The summed E-state index contributed by atoms with van der Waals surface area (Å²) in [6.07, 6.45) is -4.53. The van der Waals surface area contributed by atoms with Crippen molar-refractivity contribution in [2.75, 3.05) is 12.3 Å². The van der Waals surface area contributed by atoms with Crippen LogP contribution in [0.2, 0.25) is 0 Å². The fraction of sp³-hybridized carbons (Fsp3) is 0.188. The first-order valence-corrected chi connectivity index (χ1v) is 7.59. The van der Waals surface area contributed by atoms with Crippen molar-refractivity contribution < 1.29 is 18.0 Å². The highest BCUT2D eigenvalue weighted by molar-refractivity contribution is 7.99. The number of carbonyl (C=O) groups excluding carboxylic acids is 1. The third-order valence-corrected chi connectivity index (χ3v) is 3.89. The molecule has 6 heteroatoms. The Morgan fingerprint density at radius 2 is 1.64 bits per heavy atom. The summed E-state index contributed by atoms with van der Waals surface area (Å²) in [5, 5.41) is 2.52. The number of amides is 1. The molecule has 0 fully saturated rings. The predicted octanol–water partition coefficient (Wildman–Crippen LogP) is 4.23. The van der Waals surface area contributed by atoms with Gasteiger partial charge in [-0.1, -0.05) is 30.3 Å². The van der Waals surface area contributed by atoms with E-state index in [9.17, 15) is 18.0 Å². The maximum absolute atomic E-state index is 12.8. The van der Waals surface area contributed by atoms with Gasteiger partial charge in [0.15, 0.2) is 0 Å². The summed E-state index contributed by atoms with van der Waals surface area (Å²) in [4.78, 5) is 13.0. The molecule has 1 N–H and O–H groups in total. The summed E-state index contributed by atoms with van der Waals surface area (Å²) in [5.74, 6) is -0.120. The zero-order chi connectivity index (χ0) is 16.0. The minimum Gasteiger partial charge on any atom is -0.351 e. The molecule has 2 rings (SSSR count). The van der Waals surface area contributed by atoms with Crippen molar-refractivity contribution in [1.82, 2.24) is 5.32 Å². The number of carbonyl (C=O) groups is 1. The maximum atomic E-state index is 12.8. The van der Waals surface area contributed by atoms with Crippen LogP contribution in [-0.2, 0) is 6.18 Å². The van der Waals surface area contributed by atoms with E-state index < -0.39 is 17.6 Å². The van der Waals surface area contributed by atoms with Gasteiger partial charge in [-0.3, -0.25) is 4.79 Å². The normalized spacial score (nSPS) is 11.2. The highest BCUT2D eigenvalue weighted by Crippen LogP contribution is 2.31. The Kier molecular flexibility index (Phi) is 5.49. The van der Waals surface area contributed by atoms with Crippen LogP contribution < -0.4 is 5.32 Å². The topological polar surface area (TPSA) is 29.1 Å². The Morgan fingerprint density at radius 3 is 2.32 bits per heavy atom. The van der Waals surface area contributed by atoms with Crippen molar-refractivity contribution in [1.29, 1.82) is 0 Å². The quantitative estimate of drug-likeness (QED) is 0.658. The summed E-state index contributed by atoms with van der Waals surface area (Å²) in [6, 6.07) is 14.4. The first-order valence-electron chi connectivity index (χ1n) is 6.61. The van der Waals surface area contributed by atoms with E-state index in [2.05, 4.69) is 5.32 Å². The Morgan fingerprint density at radius 1 is 1.00 bits per heavy atom. The van der Waals surface area contributed by atoms with Crippen molar-refractivity contribution in [3.63, 3.8) is 0 Å². The van der Waals surface area contributed by atoms with Gasteiger partial charge in [0, 0.05) is 17.2 Å². The van der Waals surface area contributed by atoms with Crippen LogP contribution in [0.1, 0.15) is 15.9 Å². The van der Waals surface area contributed by atoms with E-state index in [1.807, 2.05) is 30.3 Å². The molecule has 0 aromatic heterocycles. The molecule has 0 saturated heterocycles. The van der Waals surface area contributed by atoms with E-state index >= 15 is 0 Å². The zero-order valence-corrected chi connectivity index (χ0v) is 12.4. The fourth-order valence-corrected chi connectivity index (χ4v) is 2.66. The third-order valence-electron chi connectivity index (χ3n) is 2.88. The summed E-state index contributed by atoms with van der Waals surface area (Å²) < 4.78 is 38.5. The molecule has 2 aromatic carbocycles. The summed E-state index contributed by atoms with van der Waals surface area (Å²) in [6.45, 7) is 0.296. The van der Waals surface area contributed by atoms with Crippen molar-refractivity contribution in [2.24, 2.45) is 0 Å². The largest absolute Gasteiger partial charge is 0.417 e. The first-order chi connectivity index (χ1) is 10.5. The minimum absolute atomic E-state index is 0.296. The third kappa shape index (κ3) is 4.53. The number of alkyl halides is 3. The molecule has 0 bridgehead atoms. The van der Waals surface area contributed by atoms with Gasteiger partial charge < -0.3 is 5.32 Å². The van der Waals surface area contributed by atoms with Crippen molar-refractivity contribution in [3.8, 4) is 0 Å². The van der Waals surface area contributed by atoms with Crippen molar-refractivity contribution >= 4 is 17.7 Å². The Balaban J connectivity index is 1.91. The molecule has 0 aliphatic rings. The predicted molar refractivity (Wildman–Crippen MR) is 80.9 cm³/mol. The van der Waals surface area contributed by atoms with Gasteiger partial charge in [-0.05, 0) is 24.3 Å². The SMILES string of the molecule is O=C(NCCSc1ccccc1)c1ccccc1C(F)(F)F. The van der Waals surface area contributed by atoms with Crippen LogP contribution in [0, 0.1) is 0 Å². The van der Waals surface area contributed by atoms with Gasteiger partial charge >= 0.3 is 6.18 Å². The highest BCUT2D eigenvalue weighted by Gasteiger charge is 2.34. The number of benzene rings is 2. The van der Waals surface area contributed by atoms with E-state index in [1.54, 1.807) is 0 Å². The van der Waals surface area contributed by atoms with Crippen molar-refractivity contribution in [3.05, 3.63) is 65.7 Å². The number of nitrogens with one attached hydrogen (secondary N) is 1. The van der Waals surface area contributed by atoms with Gasteiger partial charge in [0.05, 0.1) is 11.1 Å². The van der Waals surface area contributed by atoms with Crippen LogP contribution in [0.4, 0.5) is 13.2 Å². The van der Waals surface area contributed by atoms with Gasteiger partial charge in [-0.25, -0.2) is 0 Å². The van der Waals surface area contributed by atoms with Gasteiger partial charge in [0.2, 0.25) is 0 Å². The molecule has 0 spiro atoms. The Hall–Kier alpha value is -1.95. The highest BCUT2D eigenvalue weighted by atomic mass is 32.2. The van der Waals surface area contributed by atoms with Gasteiger partial charge in [0.1, 0.15) is 0 Å². The van der Waals surface area contributed by atoms with E-state index in [-0.39, 0.29) is 5.56 Å². The molecule has 0 radical (unpaired) electrons. The molecule has 1 amide bonds. The Labute approximate surface area is 130 Å². The number of thioether (sulfide) groups is 1. The molecule has 0 unspecified atom stereocenters. The minimum atomic E-state index is -4.53. The van der Waals surface area contributed by atoms with Gasteiger partial charge in [0.25, 0.3) is 5.91 Å². The molecular formula is C16H14F3NOS. The number of rotatable bonds is 5. The number of hydrogen-bond acceptors (Lipinski definition) is 2. The monoisotopic (exact) mass is 325 g/mol. The molecule has 0 heterocycles. The van der Waals surface area contributed by atoms with E-state index in [0.717, 1.165) is 11.0 Å². The lowest BCUT2D eigenvalue weighted by atomic mass is 10.1. The molecular weight excluding hydrogens is 311 g/mol. The molecule has 2 aromatic rings. The fourth-order valence-electron chi connectivity index (χ4n) is 1.87. The van der Waals surface area contributed by atoms with Gasteiger partial charge in [-0.2, -0.15) is 13.2 Å². The zero-order valence-electron chi connectivity index (χ0n) is 11.6.